The van der Waals surface area contributed by atoms with Crippen LogP contribution in [0.15, 0.2) is 78.5 Å². The van der Waals surface area contributed by atoms with Crippen LogP contribution in [0, 0.1) is 17.0 Å². The van der Waals surface area contributed by atoms with Crippen LogP contribution in [0.1, 0.15) is 37.5 Å². The number of nitro groups is 1. The van der Waals surface area contributed by atoms with Gasteiger partial charge < -0.3 is 5.32 Å². The highest BCUT2D eigenvalue weighted by Gasteiger charge is 2.40. The molecule has 2 amide bonds. The number of hydrogen-bond acceptors (Lipinski definition) is 5. The number of imide groups is 1. The molecule has 0 atom stereocenters. The van der Waals surface area contributed by atoms with Gasteiger partial charge in [-0.2, -0.15) is 0 Å². The van der Waals surface area contributed by atoms with Crippen LogP contribution < -0.4 is 10.2 Å². The number of hydrogen-bond donors (Lipinski definition) is 1. The molecule has 0 saturated heterocycles. The number of anilines is 2. The molecule has 0 aliphatic carbocycles. The quantitative estimate of drug-likeness (QED) is 0.307. The maximum absolute atomic E-state index is 13.5. The van der Waals surface area contributed by atoms with Gasteiger partial charge in [0, 0.05) is 17.8 Å². The summed E-state index contributed by atoms with van der Waals surface area (Å²) in [7, 11) is 0. The van der Waals surface area contributed by atoms with E-state index < -0.39 is 16.7 Å². The zero-order valence-electron chi connectivity index (χ0n) is 19.5. The Labute approximate surface area is 197 Å². The van der Waals surface area contributed by atoms with Crippen LogP contribution in [-0.4, -0.2) is 16.7 Å². The molecule has 0 fully saturated rings. The molecule has 1 heterocycles. The average Bonchev–Trinajstić information content (AvgIpc) is 3.03. The van der Waals surface area contributed by atoms with Gasteiger partial charge >= 0.3 is 0 Å². The monoisotopic (exact) mass is 455 g/mol. The summed E-state index contributed by atoms with van der Waals surface area (Å²) in [5.74, 6) is -0.970. The lowest BCUT2D eigenvalue weighted by Gasteiger charge is -2.19. The lowest BCUT2D eigenvalue weighted by molar-refractivity contribution is -0.384. The third kappa shape index (κ3) is 4.32. The van der Waals surface area contributed by atoms with E-state index in [1.807, 2.05) is 37.3 Å². The van der Waals surface area contributed by atoms with E-state index in [0.717, 1.165) is 16.0 Å². The lowest BCUT2D eigenvalue weighted by Crippen LogP contribution is -2.32. The summed E-state index contributed by atoms with van der Waals surface area (Å²) < 4.78 is 0. The van der Waals surface area contributed by atoms with Crippen molar-refractivity contribution in [3.05, 3.63) is 105 Å². The van der Waals surface area contributed by atoms with Crippen LogP contribution in [0.3, 0.4) is 0 Å². The Hall–Kier alpha value is -4.26. The third-order valence-corrected chi connectivity index (χ3v) is 5.73. The van der Waals surface area contributed by atoms with Crippen LogP contribution in [0.25, 0.3) is 5.57 Å². The van der Waals surface area contributed by atoms with Gasteiger partial charge in [-0.1, -0.05) is 45.0 Å². The van der Waals surface area contributed by atoms with E-state index in [-0.39, 0.29) is 22.4 Å². The van der Waals surface area contributed by atoms with Gasteiger partial charge in [0.25, 0.3) is 17.5 Å². The number of nitro benzene ring substituents is 1. The Balaban J connectivity index is 1.79. The summed E-state index contributed by atoms with van der Waals surface area (Å²) in [6.07, 6.45) is 0. The van der Waals surface area contributed by atoms with Crippen LogP contribution in [0.2, 0.25) is 0 Å². The molecule has 0 bridgehead atoms. The minimum absolute atomic E-state index is 0.0250. The van der Waals surface area contributed by atoms with Crippen molar-refractivity contribution in [3.63, 3.8) is 0 Å². The average molecular weight is 456 g/mol. The van der Waals surface area contributed by atoms with Crippen molar-refractivity contribution in [2.45, 2.75) is 33.1 Å². The second kappa shape index (κ2) is 8.59. The van der Waals surface area contributed by atoms with E-state index in [1.54, 1.807) is 18.2 Å². The molecule has 4 rings (SSSR count). The molecule has 1 aliphatic rings. The highest BCUT2D eigenvalue weighted by atomic mass is 16.6. The highest BCUT2D eigenvalue weighted by Crippen LogP contribution is 2.35. The first-order valence-electron chi connectivity index (χ1n) is 10.9. The molecule has 0 unspecified atom stereocenters. The standard InChI is InChI=1S/C27H25N3O4/c1-17-6-5-7-22(16-17)29-25(31)23(18-8-14-21(15-9-18)30(33)34)24(26(29)32)28-20-12-10-19(11-13-20)27(2,3)4/h5-16,28H,1-4H3. The Morgan fingerprint density at radius 3 is 2.09 bits per heavy atom. The topological polar surface area (TPSA) is 92.6 Å². The van der Waals surface area contributed by atoms with Crippen molar-refractivity contribution in [3.8, 4) is 0 Å². The number of nitrogens with one attached hydrogen (secondary N) is 1. The first kappa shape index (κ1) is 22.9. The van der Waals surface area contributed by atoms with E-state index in [2.05, 4.69) is 26.1 Å². The van der Waals surface area contributed by atoms with Crippen molar-refractivity contribution in [1.82, 2.24) is 0 Å². The number of non-ortho nitro benzene ring substituents is 1. The molecule has 172 valence electrons. The normalized spacial score (nSPS) is 14.1. The SMILES string of the molecule is Cc1cccc(N2C(=O)C(Nc3ccc(C(C)(C)C)cc3)=C(c3ccc([N+](=O)[O-])cc3)C2=O)c1. The zero-order valence-corrected chi connectivity index (χ0v) is 19.5. The third-order valence-electron chi connectivity index (χ3n) is 5.73. The highest BCUT2D eigenvalue weighted by molar-refractivity contribution is 6.46. The van der Waals surface area contributed by atoms with Gasteiger partial charge in [0.1, 0.15) is 5.70 Å². The molecule has 0 saturated carbocycles. The van der Waals surface area contributed by atoms with Crippen LogP contribution in [0.4, 0.5) is 17.1 Å². The number of rotatable bonds is 5. The van der Waals surface area contributed by atoms with E-state index in [9.17, 15) is 19.7 Å². The summed E-state index contributed by atoms with van der Waals surface area (Å²) in [6.45, 7) is 8.23. The summed E-state index contributed by atoms with van der Waals surface area (Å²) in [5.41, 5.74) is 3.78. The number of carbonyl (C=O) groups excluding carboxylic acids is 2. The number of aryl methyl sites for hydroxylation is 1. The largest absolute Gasteiger partial charge is 0.350 e. The molecule has 1 aliphatic heterocycles. The predicted octanol–water partition coefficient (Wildman–Crippen LogP) is 5.60. The summed E-state index contributed by atoms with van der Waals surface area (Å²) >= 11 is 0. The summed E-state index contributed by atoms with van der Waals surface area (Å²) in [4.78, 5) is 38.7. The summed E-state index contributed by atoms with van der Waals surface area (Å²) in [5, 5.41) is 14.2. The number of nitrogens with zero attached hydrogens (tertiary/aromatic N) is 2. The van der Waals surface area contributed by atoms with Gasteiger partial charge in [-0.05, 0) is 65.4 Å². The van der Waals surface area contributed by atoms with E-state index >= 15 is 0 Å². The van der Waals surface area contributed by atoms with Gasteiger partial charge in [-0.15, -0.1) is 0 Å². The zero-order chi connectivity index (χ0) is 24.6. The number of amides is 2. The summed E-state index contributed by atoms with van der Waals surface area (Å²) in [6, 6.07) is 20.5. The minimum Gasteiger partial charge on any atom is -0.350 e. The Morgan fingerprint density at radius 1 is 0.882 bits per heavy atom. The lowest BCUT2D eigenvalue weighted by atomic mass is 9.87. The molecule has 1 N–H and O–H groups in total. The fourth-order valence-electron chi connectivity index (χ4n) is 3.86. The Kier molecular flexibility index (Phi) is 5.79. The molecule has 7 heteroatoms. The van der Waals surface area contributed by atoms with Crippen LogP contribution in [-0.2, 0) is 15.0 Å². The Bertz CT molecular complexity index is 1320. The van der Waals surface area contributed by atoms with Crippen molar-refractivity contribution in [2.75, 3.05) is 10.2 Å². The molecule has 3 aromatic rings. The van der Waals surface area contributed by atoms with Crippen molar-refractivity contribution in [1.29, 1.82) is 0 Å². The van der Waals surface area contributed by atoms with E-state index in [4.69, 9.17) is 0 Å². The molecular formula is C27H25N3O4. The van der Waals surface area contributed by atoms with Crippen LogP contribution in [0.5, 0.6) is 0 Å². The second-order valence-corrected chi connectivity index (χ2v) is 9.29. The molecule has 3 aromatic carbocycles. The number of carbonyl (C=O) groups is 2. The van der Waals surface area contributed by atoms with Crippen molar-refractivity contribution < 1.29 is 14.5 Å². The maximum Gasteiger partial charge on any atom is 0.282 e. The first-order valence-corrected chi connectivity index (χ1v) is 10.9. The fourth-order valence-corrected chi connectivity index (χ4v) is 3.86. The first-order chi connectivity index (χ1) is 16.1. The van der Waals surface area contributed by atoms with Gasteiger partial charge in [-0.25, -0.2) is 4.90 Å². The minimum atomic E-state index is -0.505. The molecule has 34 heavy (non-hydrogen) atoms. The molecular weight excluding hydrogens is 430 g/mol. The molecule has 0 radical (unpaired) electrons. The molecule has 7 nitrogen and oxygen atoms in total. The smallest absolute Gasteiger partial charge is 0.282 e. The predicted molar refractivity (Wildman–Crippen MR) is 132 cm³/mol. The molecule has 0 aromatic heterocycles. The van der Waals surface area contributed by atoms with Gasteiger partial charge in [-0.3, -0.25) is 19.7 Å². The van der Waals surface area contributed by atoms with Crippen LogP contribution >= 0.6 is 0 Å². The Morgan fingerprint density at radius 2 is 1.53 bits per heavy atom. The van der Waals surface area contributed by atoms with Gasteiger partial charge in [0.15, 0.2) is 0 Å². The van der Waals surface area contributed by atoms with E-state index in [1.165, 1.54) is 24.3 Å². The van der Waals surface area contributed by atoms with Gasteiger partial charge in [0.2, 0.25) is 0 Å². The van der Waals surface area contributed by atoms with E-state index in [0.29, 0.717) is 16.9 Å². The van der Waals surface area contributed by atoms with Crippen molar-refractivity contribution >= 4 is 34.4 Å². The van der Waals surface area contributed by atoms with Gasteiger partial charge in [0.05, 0.1) is 16.2 Å². The maximum atomic E-state index is 13.5. The second-order valence-electron chi connectivity index (χ2n) is 9.29. The number of benzene rings is 3. The molecule has 0 spiro atoms. The fraction of sp³-hybridized carbons (Fsp3) is 0.185. The van der Waals surface area contributed by atoms with Crippen molar-refractivity contribution in [2.24, 2.45) is 0 Å².